The van der Waals surface area contributed by atoms with E-state index in [4.69, 9.17) is 0 Å². The second-order valence-electron chi connectivity index (χ2n) is 10.1. The molecule has 0 unspecified atom stereocenters. The maximum absolute atomic E-state index is 13.3. The molecule has 1 aliphatic carbocycles. The number of amides is 4. The van der Waals surface area contributed by atoms with Crippen LogP contribution < -0.4 is 10.2 Å². The first-order chi connectivity index (χ1) is 15.3. The molecule has 3 heterocycles. The number of hydrogen-bond donors (Lipinski definition) is 1. The Morgan fingerprint density at radius 1 is 1.22 bits per heavy atom. The zero-order valence-corrected chi connectivity index (χ0v) is 20.2. The highest BCUT2D eigenvalue weighted by atomic mass is 32.1. The highest BCUT2D eigenvalue weighted by Gasteiger charge is 2.53. The van der Waals surface area contributed by atoms with Gasteiger partial charge in [0.15, 0.2) is 5.13 Å². The van der Waals surface area contributed by atoms with Crippen LogP contribution >= 0.6 is 11.3 Å². The summed E-state index contributed by atoms with van der Waals surface area (Å²) in [4.78, 5) is 48.5. The van der Waals surface area contributed by atoms with Crippen molar-refractivity contribution in [2.45, 2.75) is 64.8 Å². The van der Waals surface area contributed by atoms with Crippen LogP contribution in [0, 0.1) is 11.3 Å². The number of rotatable bonds is 5. The Labute approximate surface area is 194 Å². The van der Waals surface area contributed by atoms with Crippen molar-refractivity contribution < 1.29 is 14.4 Å². The number of aromatic nitrogens is 1. The third-order valence-corrected chi connectivity index (χ3v) is 8.77. The molecule has 2 saturated heterocycles. The molecule has 3 fully saturated rings. The Balaban J connectivity index is 1.35. The van der Waals surface area contributed by atoms with E-state index >= 15 is 0 Å². The van der Waals surface area contributed by atoms with E-state index in [0.29, 0.717) is 38.4 Å². The van der Waals surface area contributed by atoms with Crippen LogP contribution in [-0.2, 0) is 9.59 Å². The van der Waals surface area contributed by atoms with Crippen LogP contribution in [0.4, 0.5) is 9.93 Å². The summed E-state index contributed by atoms with van der Waals surface area (Å²) >= 11 is 1.60. The van der Waals surface area contributed by atoms with Gasteiger partial charge in [-0.3, -0.25) is 14.5 Å². The van der Waals surface area contributed by atoms with Crippen molar-refractivity contribution in [3.8, 4) is 0 Å². The van der Waals surface area contributed by atoms with Gasteiger partial charge in [-0.1, -0.05) is 27.2 Å². The number of nitrogens with one attached hydrogen (secondary N) is 1. The molecule has 1 aromatic heterocycles. The summed E-state index contributed by atoms with van der Waals surface area (Å²) in [7, 11) is 0. The molecule has 32 heavy (non-hydrogen) atoms. The van der Waals surface area contributed by atoms with Gasteiger partial charge in [0.25, 0.3) is 5.91 Å². The van der Waals surface area contributed by atoms with E-state index in [1.807, 2.05) is 5.38 Å². The van der Waals surface area contributed by atoms with Crippen LogP contribution in [0.25, 0.3) is 0 Å². The van der Waals surface area contributed by atoms with Gasteiger partial charge in [0.05, 0.1) is 0 Å². The lowest BCUT2D eigenvalue weighted by Crippen LogP contribution is -2.51. The first-order valence-corrected chi connectivity index (χ1v) is 12.7. The summed E-state index contributed by atoms with van der Waals surface area (Å²) in [5.74, 6) is 0.173. The van der Waals surface area contributed by atoms with E-state index in [9.17, 15) is 14.4 Å². The topological polar surface area (TPSA) is 85.8 Å². The van der Waals surface area contributed by atoms with E-state index in [-0.39, 0.29) is 23.8 Å². The minimum Gasteiger partial charge on any atom is -0.346 e. The molecule has 9 heteroatoms. The summed E-state index contributed by atoms with van der Waals surface area (Å²) in [6.07, 6.45) is 6.88. The number of thiazole rings is 1. The lowest BCUT2D eigenvalue weighted by molar-refractivity contribution is -0.139. The molecular weight excluding hydrogens is 426 g/mol. The Morgan fingerprint density at radius 3 is 2.62 bits per heavy atom. The lowest BCUT2D eigenvalue weighted by Gasteiger charge is -2.42. The molecular formula is C23H35N5O3S. The van der Waals surface area contributed by atoms with Crippen molar-refractivity contribution in [2.24, 2.45) is 11.3 Å². The Morgan fingerprint density at radius 2 is 1.97 bits per heavy atom. The molecule has 4 rings (SSSR count). The van der Waals surface area contributed by atoms with Crippen LogP contribution in [0.15, 0.2) is 11.6 Å². The van der Waals surface area contributed by atoms with Gasteiger partial charge in [-0.05, 0) is 43.4 Å². The number of hydrogen-bond acceptors (Lipinski definition) is 6. The highest BCUT2D eigenvalue weighted by Crippen LogP contribution is 2.45. The molecule has 1 spiro atoms. The molecule has 176 valence electrons. The number of anilines is 1. The quantitative estimate of drug-likeness (QED) is 0.681. The monoisotopic (exact) mass is 461 g/mol. The summed E-state index contributed by atoms with van der Waals surface area (Å²) in [5.41, 5.74) is -0.583. The van der Waals surface area contributed by atoms with Gasteiger partial charge < -0.3 is 15.1 Å². The second kappa shape index (κ2) is 9.00. The Bertz CT molecular complexity index is 848. The third kappa shape index (κ3) is 4.36. The summed E-state index contributed by atoms with van der Waals surface area (Å²) in [5, 5.41) is 5.88. The SMILES string of the molecule is CCC(C)(C)C1CCC2(CC1)NC(=O)N(CC(=O)N1CCCN(c3nccs3)CC1)C2=O. The standard InChI is InChI=1S/C23H35N5O3S/c1-4-22(2,3)17-6-8-23(9-7-17)19(30)28(20(31)25-23)16-18(29)26-11-5-12-27(14-13-26)21-24-10-15-32-21/h10,15,17H,4-9,11-14,16H2,1-3H3,(H,25,31). The normalized spacial score (nSPS) is 27.1. The minimum atomic E-state index is -0.821. The first-order valence-electron chi connectivity index (χ1n) is 11.8. The fourth-order valence-electron chi connectivity index (χ4n) is 5.30. The van der Waals surface area contributed by atoms with Crippen molar-refractivity contribution in [1.82, 2.24) is 20.1 Å². The maximum atomic E-state index is 13.3. The molecule has 0 bridgehead atoms. The predicted molar refractivity (Wildman–Crippen MR) is 125 cm³/mol. The first kappa shape index (κ1) is 23.0. The van der Waals surface area contributed by atoms with Crippen molar-refractivity contribution in [1.29, 1.82) is 0 Å². The van der Waals surface area contributed by atoms with E-state index in [0.717, 1.165) is 42.3 Å². The average Bonchev–Trinajstić information content (AvgIpc) is 3.29. The van der Waals surface area contributed by atoms with E-state index < -0.39 is 11.6 Å². The van der Waals surface area contributed by atoms with Crippen molar-refractivity contribution in [3.63, 3.8) is 0 Å². The van der Waals surface area contributed by atoms with Crippen molar-refractivity contribution >= 4 is 34.3 Å². The summed E-state index contributed by atoms with van der Waals surface area (Å²) < 4.78 is 0. The molecule has 1 aromatic rings. The van der Waals surface area contributed by atoms with Gasteiger partial charge in [-0.25, -0.2) is 9.78 Å². The molecule has 8 nitrogen and oxygen atoms in total. The lowest BCUT2D eigenvalue weighted by atomic mass is 9.65. The van der Waals surface area contributed by atoms with Crippen molar-refractivity contribution in [2.75, 3.05) is 37.6 Å². The number of carbonyl (C=O) groups excluding carboxylic acids is 3. The molecule has 2 aliphatic heterocycles. The molecule has 0 aromatic carbocycles. The number of imide groups is 1. The number of carbonyl (C=O) groups is 3. The Hall–Kier alpha value is -2.16. The van der Waals surface area contributed by atoms with Crippen molar-refractivity contribution in [3.05, 3.63) is 11.6 Å². The van der Waals surface area contributed by atoms with Gasteiger partial charge in [-0.15, -0.1) is 11.3 Å². The van der Waals surface area contributed by atoms with Crippen LogP contribution in [0.1, 0.15) is 59.3 Å². The van der Waals surface area contributed by atoms with Crippen LogP contribution in [0.5, 0.6) is 0 Å². The van der Waals surface area contributed by atoms with Gasteiger partial charge in [-0.2, -0.15) is 0 Å². The van der Waals surface area contributed by atoms with Crippen LogP contribution in [0.3, 0.4) is 0 Å². The molecule has 0 radical (unpaired) electrons. The minimum absolute atomic E-state index is 0.160. The highest BCUT2D eigenvalue weighted by molar-refractivity contribution is 7.13. The Kier molecular flexibility index (Phi) is 6.47. The predicted octanol–water partition coefficient (Wildman–Crippen LogP) is 3.10. The number of urea groups is 1. The second-order valence-corrected chi connectivity index (χ2v) is 10.9. The molecule has 0 atom stereocenters. The fourth-order valence-corrected chi connectivity index (χ4v) is 6.00. The average molecular weight is 462 g/mol. The van der Waals surface area contributed by atoms with Gasteiger partial charge >= 0.3 is 6.03 Å². The zero-order chi connectivity index (χ0) is 22.9. The molecule has 3 aliphatic rings. The zero-order valence-electron chi connectivity index (χ0n) is 19.4. The summed E-state index contributed by atoms with van der Waals surface area (Å²) in [6.45, 7) is 9.35. The van der Waals surface area contributed by atoms with Crippen LogP contribution in [0.2, 0.25) is 0 Å². The smallest absolute Gasteiger partial charge is 0.325 e. The van der Waals surface area contributed by atoms with Gasteiger partial charge in [0.2, 0.25) is 5.91 Å². The third-order valence-electron chi connectivity index (χ3n) is 7.93. The van der Waals surface area contributed by atoms with Gasteiger partial charge in [0, 0.05) is 37.8 Å². The summed E-state index contributed by atoms with van der Waals surface area (Å²) in [6, 6.07) is -0.421. The van der Waals surface area contributed by atoms with Gasteiger partial charge in [0.1, 0.15) is 12.1 Å². The maximum Gasteiger partial charge on any atom is 0.325 e. The molecule has 1 N–H and O–H groups in total. The van der Waals surface area contributed by atoms with E-state index in [1.165, 1.54) is 0 Å². The van der Waals surface area contributed by atoms with E-state index in [1.54, 1.807) is 22.4 Å². The largest absolute Gasteiger partial charge is 0.346 e. The van der Waals surface area contributed by atoms with E-state index in [2.05, 4.69) is 36.0 Å². The molecule has 1 saturated carbocycles. The fraction of sp³-hybridized carbons (Fsp3) is 0.739. The molecule has 4 amide bonds. The van der Waals surface area contributed by atoms with Crippen LogP contribution in [-0.4, -0.2) is 70.9 Å². The number of nitrogens with zero attached hydrogens (tertiary/aromatic N) is 4.